The van der Waals surface area contributed by atoms with Crippen molar-refractivity contribution in [2.45, 2.75) is 26.2 Å². The van der Waals surface area contributed by atoms with Crippen molar-refractivity contribution in [3.05, 3.63) is 70.0 Å². The summed E-state index contributed by atoms with van der Waals surface area (Å²) in [5.74, 6) is 0.325. The molecule has 0 saturated carbocycles. The van der Waals surface area contributed by atoms with Gasteiger partial charge in [-0.05, 0) is 48.2 Å². The fourth-order valence-corrected chi connectivity index (χ4v) is 3.78. The van der Waals surface area contributed by atoms with Gasteiger partial charge in [-0.2, -0.15) is 0 Å². The van der Waals surface area contributed by atoms with Gasteiger partial charge in [-0.15, -0.1) is 0 Å². The number of morpholine rings is 1. The number of fused-ring (bicyclic) bond motifs is 1. The van der Waals surface area contributed by atoms with E-state index in [0.717, 1.165) is 36.1 Å². The Hall–Kier alpha value is -3.12. The predicted octanol–water partition coefficient (Wildman–Crippen LogP) is 4.13. The van der Waals surface area contributed by atoms with Gasteiger partial charge in [0.05, 0.1) is 24.4 Å². The third kappa shape index (κ3) is 4.24. The Morgan fingerprint density at radius 1 is 1.13 bits per heavy atom. The van der Waals surface area contributed by atoms with Crippen LogP contribution in [-0.4, -0.2) is 37.2 Å². The zero-order chi connectivity index (χ0) is 21.1. The highest BCUT2D eigenvalue weighted by molar-refractivity contribution is 6.05. The van der Waals surface area contributed by atoms with Gasteiger partial charge in [-0.3, -0.25) is 9.59 Å². The Balaban J connectivity index is 1.60. The summed E-state index contributed by atoms with van der Waals surface area (Å²) in [5.41, 5.74) is 4.03. The third-order valence-electron chi connectivity index (χ3n) is 5.79. The number of aromatic amines is 1. The first-order valence-electron chi connectivity index (χ1n) is 10.5. The highest BCUT2D eigenvalue weighted by Crippen LogP contribution is 2.28. The highest BCUT2D eigenvalue weighted by atomic mass is 16.5. The van der Waals surface area contributed by atoms with Gasteiger partial charge in [0.1, 0.15) is 0 Å². The van der Waals surface area contributed by atoms with Gasteiger partial charge >= 0.3 is 0 Å². The van der Waals surface area contributed by atoms with E-state index in [1.807, 2.05) is 42.5 Å². The molecule has 2 N–H and O–H groups in total. The molecule has 1 atom stereocenters. The molecule has 1 amide bonds. The second-order valence-electron chi connectivity index (χ2n) is 7.76. The van der Waals surface area contributed by atoms with E-state index in [-0.39, 0.29) is 11.5 Å². The molecule has 0 spiro atoms. The van der Waals surface area contributed by atoms with Crippen molar-refractivity contribution >= 4 is 28.2 Å². The minimum Gasteiger partial charge on any atom is -0.378 e. The number of nitrogens with one attached hydrogen (secondary N) is 2. The van der Waals surface area contributed by atoms with Crippen LogP contribution >= 0.6 is 0 Å². The van der Waals surface area contributed by atoms with Gasteiger partial charge in [0.25, 0.3) is 5.91 Å². The molecule has 1 aliphatic rings. The van der Waals surface area contributed by atoms with Crippen LogP contribution in [0.3, 0.4) is 0 Å². The summed E-state index contributed by atoms with van der Waals surface area (Å²) < 4.78 is 5.43. The molecule has 6 heteroatoms. The molecule has 0 radical (unpaired) electrons. The fourth-order valence-electron chi connectivity index (χ4n) is 3.78. The summed E-state index contributed by atoms with van der Waals surface area (Å²) >= 11 is 0. The Labute approximate surface area is 175 Å². The van der Waals surface area contributed by atoms with E-state index >= 15 is 0 Å². The van der Waals surface area contributed by atoms with E-state index in [4.69, 9.17) is 4.74 Å². The quantitative estimate of drug-likeness (QED) is 0.669. The van der Waals surface area contributed by atoms with E-state index in [9.17, 15) is 9.59 Å². The van der Waals surface area contributed by atoms with Crippen molar-refractivity contribution in [2.75, 3.05) is 36.5 Å². The van der Waals surface area contributed by atoms with E-state index < -0.39 is 0 Å². The minimum atomic E-state index is -0.151. The van der Waals surface area contributed by atoms with Crippen LogP contribution in [0.2, 0.25) is 0 Å². The van der Waals surface area contributed by atoms with Crippen molar-refractivity contribution in [1.82, 2.24) is 4.98 Å². The third-order valence-corrected chi connectivity index (χ3v) is 5.79. The molecule has 2 heterocycles. The number of aromatic nitrogens is 1. The lowest BCUT2D eigenvalue weighted by atomic mass is 9.97. The van der Waals surface area contributed by atoms with Gasteiger partial charge in [-0.25, -0.2) is 0 Å². The molecule has 0 bridgehead atoms. The lowest BCUT2D eigenvalue weighted by Crippen LogP contribution is -2.36. The lowest BCUT2D eigenvalue weighted by Gasteiger charge is -2.29. The van der Waals surface area contributed by atoms with Crippen LogP contribution in [-0.2, 0) is 4.74 Å². The number of H-pyrrole nitrogens is 1. The van der Waals surface area contributed by atoms with Gasteiger partial charge in [0.2, 0.25) is 5.56 Å². The van der Waals surface area contributed by atoms with Crippen LogP contribution in [0.25, 0.3) is 10.9 Å². The topological polar surface area (TPSA) is 74.4 Å². The van der Waals surface area contributed by atoms with Crippen LogP contribution in [0.4, 0.5) is 11.4 Å². The molecule has 1 fully saturated rings. The van der Waals surface area contributed by atoms with Crippen molar-refractivity contribution in [3.8, 4) is 0 Å². The minimum absolute atomic E-state index is 0.137. The van der Waals surface area contributed by atoms with Crippen molar-refractivity contribution in [3.63, 3.8) is 0 Å². The van der Waals surface area contributed by atoms with Crippen LogP contribution in [0.5, 0.6) is 0 Å². The number of hydrogen-bond donors (Lipinski definition) is 2. The van der Waals surface area contributed by atoms with E-state index in [1.165, 1.54) is 5.56 Å². The summed E-state index contributed by atoms with van der Waals surface area (Å²) in [6, 6.07) is 15.0. The maximum atomic E-state index is 12.7. The average Bonchev–Trinajstić information content (AvgIpc) is 2.79. The monoisotopic (exact) mass is 405 g/mol. The second kappa shape index (κ2) is 8.71. The number of benzene rings is 2. The lowest BCUT2D eigenvalue weighted by molar-refractivity contribution is 0.102. The molecule has 6 nitrogen and oxygen atoms in total. The number of pyridine rings is 1. The number of amides is 1. The standard InChI is InChI=1S/C24H27N3O3/c1-3-16(2)17-4-6-18(7-5-17)24(29)25-19-8-9-21-20(14-19)22(15-23(28)26-21)27-10-12-30-13-11-27/h4-9,14-16H,3,10-13H2,1-2H3,(H,25,29)(H,26,28). The summed E-state index contributed by atoms with van der Waals surface area (Å²) in [6.45, 7) is 7.08. The number of ether oxygens (including phenoxy) is 1. The van der Waals surface area contributed by atoms with E-state index in [2.05, 4.69) is 29.0 Å². The average molecular weight is 405 g/mol. The largest absolute Gasteiger partial charge is 0.378 e. The maximum absolute atomic E-state index is 12.7. The zero-order valence-corrected chi connectivity index (χ0v) is 17.4. The van der Waals surface area contributed by atoms with Gasteiger partial charge < -0.3 is 19.9 Å². The van der Waals surface area contributed by atoms with Crippen molar-refractivity contribution < 1.29 is 9.53 Å². The molecule has 1 aromatic heterocycles. The molecule has 0 aliphatic carbocycles. The Kier molecular flexibility index (Phi) is 5.86. The van der Waals surface area contributed by atoms with Gasteiger partial charge in [0.15, 0.2) is 0 Å². The van der Waals surface area contributed by atoms with Gasteiger partial charge in [-0.1, -0.05) is 26.0 Å². The highest BCUT2D eigenvalue weighted by Gasteiger charge is 2.16. The number of hydrogen-bond acceptors (Lipinski definition) is 4. The SMILES string of the molecule is CCC(C)c1ccc(C(=O)Nc2ccc3[nH]c(=O)cc(N4CCOCC4)c3c2)cc1. The molecule has 156 valence electrons. The van der Waals surface area contributed by atoms with Gasteiger partial charge in [0, 0.05) is 35.8 Å². The van der Waals surface area contributed by atoms with E-state index in [1.54, 1.807) is 6.07 Å². The number of rotatable bonds is 5. The number of nitrogens with zero attached hydrogens (tertiary/aromatic N) is 1. The molecule has 1 saturated heterocycles. The predicted molar refractivity (Wildman–Crippen MR) is 121 cm³/mol. The molecule has 30 heavy (non-hydrogen) atoms. The molecule has 4 rings (SSSR count). The molecule has 2 aromatic carbocycles. The summed E-state index contributed by atoms with van der Waals surface area (Å²) in [6.07, 6.45) is 1.07. The molecule has 1 aliphatic heterocycles. The molecule has 3 aromatic rings. The number of carbonyl (C=O) groups is 1. The molecular formula is C24H27N3O3. The maximum Gasteiger partial charge on any atom is 0.255 e. The normalized spacial score (nSPS) is 15.2. The Bertz CT molecular complexity index is 1100. The Morgan fingerprint density at radius 3 is 2.57 bits per heavy atom. The Morgan fingerprint density at radius 2 is 1.87 bits per heavy atom. The first-order chi connectivity index (χ1) is 14.5. The zero-order valence-electron chi connectivity index (χ0n) is 17.4. The fraction of sp³-hybridized carbons (Fsp3) is 0.333. The molecular weight excluding hydrogens is 378 g/mol. The summed E-state index contributed by atoms with van der Waals surface area (Å²) in [5, 5.41) is 3.89. The van der Waals surface area contributed by atoms with Crippen LogP contribution in [0, 0.1) is 0 Å². The van der Waals surface area contributed by atoms with E-state index in [0.29, 0.717) is 30.4 Å². The number of carbonyl (C=O) groups excluding carboxylic acids is 1. The second-order valence-corrected chi connectivity index (χ2v) is 7.76. The first-order valence-corrected chi connectivity index (χ1v) is 10.5. The van der Waals surface area contributed by atoms with Crippen LogP contribution in [0.1, 0.15) is 42.1 Å². The summed E-state index contributed by atoms with van der Waals surface area (Å²) in [7, 11) is 0. The summed E-state index contributed by atoms with van der Waals surface area (Å²) in [4.78, 5) is 29.9. The van der Waals surface area contributed by atoms with Crippen molar-refractivity contribution in [1.29, 1.82) is 0 Å². The van der Waals surface area contributed by atoms with Crippen LogP contribution in [0.15, 0.2) is 53.3 Å². The smallest absolute Gasteiger partial charge is 0.255 e. The van der Waals surface area contributed by atoms with Crippen molar-refractivity contribution in [2.24, 2.45) is 0 Å². The first kappa shape index (κ1) is 20.2. The van der Waals surface area contributed by atoms with Crippen LogP contribution < -0.4 is 15.8 Å². The number of anilines is 2. The molecule has 1 unspecified atom stereocenters.